The second-order valence-electron chi connectivity index (χ2n) is 5.92. The molecule has 0 spiro atoms. The first kappa shape index (κ1) is 14.3. The van der Waals surface area contributed by atoms with Crippen molar-refractivity contribution in [3.05, 3.63) is 71.8 Å². The first-order chi connectivity index (χ1) is 10.3. The fourth-order valence-electron chi connectivity index (χ4n) is 3.27. The highest BCUT2D eigenvalue weighted by Crippen LogP contribution is 2.26. The Balaban J connectivity index is 1.73. The predicted octanol–water partition coefficient (Wildman–Crippen LogP) is 3.48. The van der Waals surface area contributed by atoms with Crippen molar-refractivity contribution in [1.29, 1.82) is 0 Å². The minimum Gasteiger partial charge on any atom is -0.316 e. The molecule has 0 bridgehead atoms. The minimum absolute atomic E-state index is 0.389. The summed E-state index contributed by atoms with van der Waals surface area (Å²) in [6.45, 7) is 4.42. The van der Waals surface area contributed by atoms with Gasteiger partial charge >= 0.3 is 0 Å². The van der Waals surface area contributed by atoms with Gasteiger partial charge in [0.15, 0.2) is 0 Å². The van der Waals surface area contributed by atoms with E-state index in [-0.39, 0.29) is 0 Å². The summed E-state index contributed by atoms with van der Waals surface area (Å²) in [4.78, 5) is 0. The van der Waals surface area contributed by atoms with E-state index in [4.69, 9.17) is 0 Å². The molecule has 2 heteroatoms. The number of rotatable bonds is 4. The van der Waals surface area contributed by atoms with Crippen LogP contribution >= 0.6 is 0 Å². The lowest BCUT2D eigenvalue weighted by atomic mass is 9.86. The van der Waals surface area contributed by atoms with E-state index in [9.17, 15) is 0 Å². The summed E-state index contributed by atoms with van der Waals surface area (Å²) < 4.78 is 0. The monoisotopic (exact) mass is 280 g/mol. The topological polar surface area (TPSA) is 24.1 Å². The molecule has 2 N–H and O–H groups in total. The van der Waals surface area contributed by atoms with Gasteiger partial charge in [-0.2, -0.15) is 0 Å². The van der Waals surface area contributed by atoms with Crippen molar-refractivity contribution in [2.24, 2.45) is 0 Å². The maximum atomic E-state index is 3.84. The molecule has 1 aliphatic rings. The normalized spacial score (nSPS) is 23.7. The molecule has 3 atom stereocenters. The van der Waals surface area contributed by atoms with Gasteiger partial charge in [-0.05, 0) is 31.0 Å². The van der Waals surface area contributed by atoms with Gasteiger partial charge in [0.1, 0.15) is 0 Å². The number of piperidine rings is 1. The Morgan fingerprint density at radius 1 is 1.00 bits per heavy atom. The second kappa shape index (κ2) is 6.88. The molecule has 2 nitrogen and oxygen atoms in total. The van der Waals surface area contributed by atoms with E-state index >= 15 is 0 Å². The van der Waals surface area contributed by atoms with Crippen LogP contribution in [0.5, 0.6) is 0 Å². The van der Waals surface area contributed by atoms with Gasteiger partial charge < -0.3 is 10.6 Å². The molecule has 0 radical (unpaired) electrons. The number of nitrogens with one attached hydrogen (secondary N) is 2. The predicted molar refractivity (Wildman–Crippen MR) is 88.5 cm³/mol. The third-order valence-electron chi connectivity index (χ3n) is 4.47. The maximum absolute atomic E-state index is 3.84. The summed E-state index contributed by atoms with van der Waals surface area (Å²) in [5.74, 6) is 0.547. The molecule has 2 aromatic carbocycles. The van der Waals surface area contributed by atoms with Crippen molar-refractivity contribution in [2.75, 3.05) is 13.1 Å². The van der Waals surface area contributed by atoms with Gasteiger partial charge in [-0.1, -0.05) is 60.7 Å². The van der Waals surface area contributed by atoms with E-state index < -0.39 is 0 Å². The van der Waals surface area contributed by atoms with Crippen LogP contribution in [0.15, 0.2) is 60.7 Å². The highest BCUT2D eigenvalue weighted by molar-refractivity contribution is 5.24. The van der Waals surface area contributed by atoms with Crippen LogP contribution in [0, 0.1) is 0 Å². The summed E-state index contributed by atoms with van der Waals surface area (Å²) in [5, 5.41) is 7.38. The lowest BCUT2D eigenvalue weighted by Crippen LogP contribution is -2.46. The molecule has 1 saturated heterocycles. The van der Waals surface area contributed by atoms with E-state index in [1.165, 1.54) is 17.5 Å². The van der Waals surface area contributed by atoms with E-state index in [1.54, 1.807) is 0 Å². The number of hydrogen-bond acceptors (Lipinski definition) is 2. The average molecular weight is 280 g/mol. The van der Waals surface area contributed by atoms with Gasteiger partial charge in [0.2, 0.25) is 0 Å². The van der Waals surface area contributed by atoms with Crippen LogP contribution in [0.4, 0.5) is 0 Å². The zero-order valence-electron chi connectivity index (χ0n) is 12.6. The van der Waals surface area contributed by atoms with Crippen molar-refractivity contribution < 1.29 is 0 Å². The molecular formula is C19H24N2. The summed E-state index contributed by atoms with van der Waals surface area (Å²) >= 11 is 0. The van der Waals surface area contributed by atoms with Gasteiger partial charge in [0.05, 0.1) is 0 Å². The van der Waals surface area contributed by atoms with Crippen LogP contribution in [-0.4, -0.2) is 19.1 Å². The Labute approximate surface area is 127 Å². The summed E-state index contributed by atoms with van der Waals surface area (Å²) in [6.07, 6.45) is 1.18. The fourth-order valence-corrected chi connectivity index (χ4v) is 3.27. The minimum atomic E-state index is 0.389. The molecule has 3 rings (SSSR count). The molecule has 1 fully saturated rings. The zero-order valence-corrected chi connectivity index (χ0v) is 12.6. The van der Waals surface area contributed by atoms with Crippen molar-refractivity contribution in [3.63, 3.8) is 0 Å². The molecule has 110 valence electrons. The van der Waals surface area contributed by atoms with Gasteiger partial charge in [0, 0.05) is 24.5 Å². The molecule has 1 aliphatic heterocycles. The standard InChI is InChI=1S/C19H24N2/c1-15(16-8-4-2-5-9-16)21-19-12-13-20-14-18(19)17-10-6-3-7-11-17/h2-11,15,18-21H,12-14H2,1H3/t15?,18-,19-/m0/s1. The van der Waals surface area contributed by atoms with E-state index in [0.717, 1.165) is 13.1 Å². The highest BCUT2D eigenvalue weighted by atomic mass is 15.0. The first-order valence-electron chi connectivity index (χ1n) is 7.91. The van der Waals surface area contributed by atoms with Gasteiger partial charge in [-0.15, -0.1) is 0 Å². The Morgan fingerprint density at radius 3 is 2.38 bits per heavy atom. The molecule has 1 unspecified atom stereocenters. The van der Waals surface area contributed by atoms with Crippen LogP contribution in [0.1, 0.15) is 36.4 Å². The lowest BCUT2D eigenvalue weighted by Gasteiger charge is -2.35. The van der Waals surface area contributed by atoms with Crippen LogP contribution < -0.4 is 10.6 Å². The second-order valence-corrected chi connectivity index (χ2v) is 5.92. The highest BCUT2D eigenvalue weighted by Gasteiger charge is 2.27. The smallest absolute Gasteiger partial charge is 0.0294 e. The average Bonchev–Trinajstić information content (AvgIpc) is 2.57. The van der Waals surface area contributed by atoms with Crippen LogP contribution in [0.3, 0.4) is 0 Å². The largest absolute Gasteiger partial charge is 0.316 e. The molecule has 0 aromatic heterocycles. The Morgan fingerprint density at radius 2 is 1.67 bits per heavy atom. The molecular weight excluding hydrogens is 256 g/mol. The third-order valence-corrected chi connectivity index (χ3v) is 4.47. The van der Waals surface area contributed by atoms with Gasteiger partial charge in [-0.25, -0.2) is 0 Å². The fraction of sp³-hybridized carbons (Fsp3) is 0.368. The molecule has 0 aliphatic carbocycles. The molecule has 2 aromatic rings. The van der Waals surface area contributed by atoms with Gasteiger partial charge in [0.25, 0.3) is 0 Å². The maximum Gasteiger partial charge on any atom is 0.0294 e. The number of hydrogen-bond donors (Lipinski definition) is 2. The molecule has 0 saturated carbocycles. The van der Waals surface area contributed by atoms with Gasteiger partial charge in [-0.3, -0.25) is 0 Å². The summed E-state index contributed by atoms with van der Waals surface area (Å²) in [5.41, 5.74) is 2.80. The van der Waals surface area contributed by atoms with Crippen molar-refractivity contribution in [2.45, 2.75) is 31.3 Å². The Hall–Kier alpha value is -1.64. The lowest BCUT2D eigenvalue weighted by molar-refractivity contribution is 0.319. The van der Waals surface area contributed by atoms with E-state index in [1.807, 2.05) is 0 Å². The molecule has 21 heavy (non-hydrogen) atoms. The summed E-state index contributed by atoms with van der Waals surface area (Å²) in [7, 11) is 0. The number of benzene rings is 2. The van der Waals surface area contributed by atoms with Crippen molar-refractivity contribution >= 4 is 0 Å². The quantitative estimate of drug-likeness (QED) is 0.896. The van der Waals surface area contributed by atoms with Crippen LogP contribution in [0.2, 0.25) is 0 Å². The molecule has 1 heterocycles. The van der Waals surface area contributed by atoms with Crippen LogP contribution in [-0.2, 0) is 0 Å². The van der Waals surface area contributed by atoms with Crippen LogP contribution in [0.25, 0.3) is 0 Å². The van der Waals surface area contributed by atoms with Crippen molar-refractivity contribution in [3.8, 4) is 0 Å². The van der Waals surface area contributed by atoms with E-state index in [0.29, 0.717) is 18.0 Å². The van der Waals surface area contributed by atoms with E-state index in [2.05, 4.69) is 78.2 Å². The molecule has 0 amide bonds. The SMILES string of the molecule is CC(N[C@H]1CCNC[C@H]1c1ccccc1)c1ccccc1. The Bertz CT molecular complexity index is 538. The first-order valence-corrected chi connectivity index (χ1v) is 7.91. The Kier molecular flexibility index (Phi) is 4.69. The zero-order chi connectivity index (χ0) is 14.5. The van der Waals surface area contributed by atoms with Crippen molar-refractivity contribution in [1.82, 2.24) is 10.6 Å². The summed E-state index contributed by atoms with van der Waals surface area (Å²) in [6, 6.07) is 22.5. The third kappa shape index (κ3) is 3.52.